The van der Waals surface area contributed by atoms with E-state index in [0.29, 0.717) is 6.04 Å². The Hall–Kier alpha value is -2.39. The molecule has 0 aliphatic carbocycles. The monoisotopic (exact) mass is 330 g/mol. The third-order valence-electron chi connectivity index (χ3n) is 4.74. The topological polar surface area (TPSA) is 34.1 Å². The molecule has 0 amide bonds. The van der Waals surface area contributed by atoms with E-state index in [1.54, 1.807) is 7.11 Å². The van der Waals surface area contributed by atoms with Crippen LogP contribution in [0.5, 0.6) is 5.75 Å². The van der Waals surface area contributed by atoms with Crippen molar-refractivity contribution in [2.45, 2.75) is 25.3 Å². The molecule has 4 rings (SSSR count). The second-order valence-corrected chi connectivity index (χ2v) is 6.45. The minimum atomic E-state index is 0.322. The summed E-state index contributed by atoms with van der Waals surface area (Å²) >= 11 is 0. The van der Waals surface area contributed by atoms with Crippen LogP contribution in [-0.4, -0.2) is 24.7 Å². The van der Waals surface area contributed by atoms with Crippen molar-refractivity contribution in [1.29, 1.82) is 0 Å². The lowest BCUT2D eigenvalue weighted by Gasteiger charge is -2.23. The van der Waals surface area contributed by atoms with Gasteiger partial charge in [-0.05, 0) is 61.3 Å². The summed E-state index contributed by atoms with van der Waals surface area (Å²) in [5, 5.41) is 4.72. The SMILES string of the molecule is COc1ccc(-c2cc([C]C3CCCCN3)c3ccccc3n2)cc1. The standard InChI is InChI=1S/C22H22N2O/c1-25-19-11-9-16(10-12-19)22-15-17(14-18-6-4-5-13-23-18)20-7-2-3-8-21(20)24-22/h2-3,7-12,15,18,23H,4-6,13H2,1H3. The van der Waals surface area contributed by atoms with Gasteiger partial charge in [0.1, 0.15) is 5.75 Å². The molecule has 0 spiro atoms. The van der Waals surface area contributed by atoms with Crippen molar-refractivity contribution >= 4 is 10.9 Å². The van der Waals surface area contributed by atoms with Crippen molar-refractivity contribution in [3.8, 4) is 17.0 Å². The van der Waals surface area contributed by atoms with Gasteiger partial charge in [0.15, 0.2) is 0 Å². The lowest BCUT2D eigenvalue weighted by Crippen LogP contribution is -2.34. The fourth-order valence-electron chi connectivity index (χ4n) is 3.37. The molecule has 3 heteroatoms. The molecular formula is C22H22N2O. The number of fused-ring (bicyclic) bond motifs is 1. The molecule has 1 aliphatic rings. The predicted molar refractivity (Wildman–Crippen MR) is 102 cm³/mol. The van der Waals surface area contributed by atoms with Crippen LogP contribution in [0.2, 0.25) is 0 Å². The van der Waals surface area contributed by atoms with Crippen LogP contribution in [0.3, 0.4) is 0 Å². The van der Waals surface area contributed by atoms with Gasteiger partial charge in [-0.1, -0.05) is 24.6 Å². The molecule has 2 radical (unpaired) electrons. The molecule has 3 aromatic rings. The van der Waals surface area contributed by atoms with Gasteiger partial charge in [0.05, 0.1) is 18.3 Å². The molecule has 1 atom stereocenters. The number of nitrogens with zero attached hydrogens (tertiary/aromatic N) is 1. The number of hydrogen-bond acceptors (Lipinski definition) is 3. The van der Waals surface area contributed by atoms with Gasteiger partial charge in [0, 0.05) is 23.4 Å². The van der Waals surface area contributed by atoms with Crippen LogP contribution >= 0.6 is 0 Å². The number of piperidine rings is 1. The Kier molecular flexibility index (Phi) is 4.66. The summed E-state index contributed by atoms with van der Waals surface area (Å²) in [6.45, 7) is 1.08. The Morgan fingerprint density at radius 2 is 1.92 bits per heavy atom. The summed E-state index contributed by atoms with van der Waals surface area (Å²) in [5.41, 5.74) is 4.20. The molecule has 1 unspecified atom stereocenters. The number of benzene rings is 2. The molecule has 2 aromatic carbocycles. The number of ether oxygens (including phenoxy) is 1. The number of methoxy groups -OCH3 is 1. The Labute approximate surface area is 149 Å². The number of pyridine rings is 1. The van der Waals surface area contributed by atoms with Crippen molar-refractivity contribution in [1.82, 2.24) is 10.3 Å². The molecule has 0 bridgehead atoms. The number of para-hydroxylation sites is 1. The third-order valence-corrected chi connectivity index (χ3v) is 4.74. The predicted octanol–water partition coefficient (Wildman–Crippen LogP) is 4.48. The number of aromatic nitrogens is 1. The molecular weight excluding hydrogens is 308 g/mol. The van der Waals surface area contributed by atoms with Crippen LogP contribution in [0.1, 0.15) is 24.8 Å². The van der Waals surface area contributed by atoms with Crippen molar-refractivity contribution < 1.29 is 4.74 Å². The smallest absolute Gasteiger partial charge is 0.118 e. The van der Waals surface area contributed by atoms with Gasteiger partial charge >= 0.3 is 0 Å². The summed E-state index contributed by atoms with van der Waals surface area (Å²) in [6, 6.07) is 18.8. The molecule has 3 nitrogen and oxygen atoms in total. The minimum absolute atomic E-state index is 0.322. The summed E-state index contributed by atoms with van der Waals surface area (Å²) in [5.74, 6) is 0.856. The van der Waals surface area contributed by atoms with E-state index in [1.807, 2.05) is 18.2 Å². The van der Waals surface area contributed by atoms with E-state index in [0.717, 1.165) is 46.4 Å². The van der Waals surface area contributed by atoms with E-state index in [2.05, 4.69) is 48.1 Å². The zero-order chi connectivity index (χ0) is 17.1. The number of rotatable bonds is 4. The van der Waals surface area contributed by atoms with Crippen LogP contribution in [0.25, 0.3) is 22.2 Å². The van der Waals surface area contributed by atoms with Crippen LogP contribution in [0.15, 0.2) is 54.6 Å². The zero-order valence-corrected chi connectivity index (χ0v) is 14.5. The average Bonchev–Trinajstić information content (AvgIpc) is 2.69. The Balaban J connectivity index is 1.74. The number of nitrogens with one attached hydrogen (secondary N) is 1. The molecule has 25 heavy (non-hydrogen) atoms. The molecule has 1 saturated heterocycles. The summed E-state index contributed by atoms with van der Waals surface area (Å²) < 4.78 is 5.26. The lowest BCUT2D eigenvalue weighted by atomic mass is 9.94. The second-order valence-electron chi connectivity index (χ2n) is 6.45. The van der Waals surface area contributed by atoms with Gasteiger partial charge < -0.3 is 10.1 Å². The molecule has 0 saturated carbocycles. The first-order valence-electron chi connectivity index (χ1n) is 8.87. The second kappa shape index (κ2) is 7.24. The van der Waals surface area contributed by atoms with Gasteiger partial charge in [-0.3, -0.25) is 0 Å². The van der Waals surface area contributed by atoms with Crippen LogP contribution in [0, 0.1) is 6.42 Å². The highest BCUT2D eigenvalue weighted by Gasteiger charge is 2.16. The summed E-state index contributed by atoms with van der Waals surface area (Å²) in [6.07, 6.45) is 7.35. The van der Waals surface area contributed by atoms with Crippen molar-refractivity contribution in [3.63, 3.8) is 0 Å². The van der Waals surface area contributed by atoms with Gasteiger partial charge in [0.2, 0.25) is 0 Å². The fraction of sp³-hybridized carbons (Fsp3) is 0.273. The molecule has 1 fully saturated rings. The molecule has 126 valence electrons. The average molecular weight is 330 g/mol. The summed E-state index contributed by atoms with van der Waals surface area (Å²) in [7, 11) is 1.68. The molecule has 1 aromatic heterocycles. The van der Waals surface area contributed by atoms with Crippen LogP contribution < -0.4 is 10.1 Å². The Morgan fingerprint density at radius 1 is 1.08 bits per heavy atom. The van der Waals surface area contributed by atoms with Crippen molar-refractivity contribution in [2.75, 3.05) is 13.7 Å². The zero-order valence-electron chi connectivity index (χ0n) is 14.5. The van der Waals surface area contributed by atoms with Crippen LogP contribution in [0.4, 0.5) is 0 Å². The highest BCUT2D eigenvalue weighted by Crippen LogP contribution is 2.28. The van der Waals surface area contributed by atoms with E-state index in [1.165, 1.54) is 12.8 Å². The number of hydrogen-bond donors (Lipinski definition) is 1. The fourth-order valence-corrected chi connectivity index (χ4v) is 3.37. The first-order chi connectivity index (χ1) is 12.3. The molecule has 1 N–H and O–H groups in total. The normalized spacial score (nSPS) is 17.6. The quantitative estimate of drug-likeness (QED) is 0.766. The maximum absolute atomic E-state index is 5.26. The van der Waals surface area contributed by atoms with E-state index < -0.39 is 0 Å². The van der Waals surface area contributed by atoms with E-state index >= 15 is 0 Å². The Morgan fingerprint density at radius 3 is 2.68 bits per heavy atom. The van der Waals surface area contributed by atoms with Crippen molar-refractivity contribution in [3.05, 3.63) is 66.6 Å². The van der Waals surface area contributed by atoms with E-state index in [-0.39, 0.29) is 0 Å². The van der Waals surface area contributed by atoms with Gasteiger partial charge in [-0.15, -0.1) is 0 Å². The van der Waals surface area contributed by atoms with Crippen molar-refractivity contribution in [2.24, 2.45) is 0 Å². The van der Waals surface area contributed by atoms with E-state index in [4.69, 9.17) is 9.72 Å². The Bertz CT molecular complexity index is 852. The lowest BCUT2D eigenvalue weighted by molar-refractivity contribution is 0.415. The minimum Gasteiger partial charge on any atom is -0.497 e. The van der Waals surface area contributed by atoms with Crippen LogP contribution in [-0.2, 0) is 0 Å². The van der Waals surface area contributed by atoms with E-state index in [9.17, 15) is 0 Å². The largest absolute Gasteiger partial charge is 0.497 e. The summed E-state index contributed by atoms with van der Waals surface area (Å²) in [4.78, 5) is 4.85. The highest BCUT2D eigenvalue weighted by molar-refractivity contribution is 5.86. The maximum atomic E-state index is 5.26. The molecule has 2 heterocycles. The first-order valence-corrected chi connectivity index (χ1v) is 8.87. The van der Waals surface area contributed by atoms with Gasteiger partial charge in [-0.2, -0.15) is 0 Å². The van der Waals surface area contributed by atoms with Gasteiger partial charge in [0.25, 0.3) is 0 Å². The highest BCUT2D eigenvalue weighted by atomic mass is 16.5. The maximum Gasteiger partial charge on any atom is 0.118 e. The van der Waals surface area contributed by atoms with Gasteiger partial charge in [-0.25, -0.2) is 4.98 Å². The third kappa shape index (κ3) is 3.52. The molecule has 1 aliphatic heterocycles. The first kappa shape index (κ1) is 16.1.